The minimum Gasteiger partial charge on any atom is -0.478 e. The van der Waals surface area contributed by atoms with Gasteiger partial charge in [-0.05, 0) is 25.1 Å². The molecule has 0 spiro atoms. The number of carbonyl (C=O) groups is 2. The van der Waals surface area contributed by atoms with Gasteiger partial charge in [0.1, 0.15) is 22.6 Å². The quantitative estimate of drug-likeness (QED) is 0.622. The first-order valence-corrected chi connectivity index (χ1v) is 7.35. The third-order valence-electron chi connectivity index (χ3n) is 3.69. The van der Waals surface area contributed by atoms with Crippen molar-refractivity contribution < 1.29 is 37.2 Å². The highest BCUT2D eigenvalue weighted by atomic mass is 19.4. The summed E-state index contributed by atoms with van der Waals surface area (Å²) in [6.45, 7) is 1.18. The Hall–Kier alpha value is -3.37. The van der Waals surface area contributed by atoms with Crippen molar-refractivity contribution in [1.29, 1.82) is 0 Å². The molecule has 0 atom stereocenters. The van der Waals surface area contributed by atoms with E-state index in [1.165, 1.54) is 20.0 Å². The molecule has 0 saturated carbocycles. The van der Waals surface area contributed by atoms with E-state index in [1.807, 2.05) is 0 Å². The van der Waals surface area contributed by atoms with Crippen LogP contribution < -0.4 is 0 Å². The lowest BCUT2D eigenvalue weighted by atomic mass is 10.1. The molecule has 0 bridgehead atoms. The van der Waals surface area contributed by atoms with Gasteiger partial charge in [-0.2, -0.15) is 13.2 Å². The fraction of sp³-hybridized carbons (Fsp3) is 0.250. The average molecular weight is 386 g/mol. The molecule has 2 rings (SSSR count). The largest absolute Gasteiger partial charge is 0.478 e. The number of benzene rings is 1. The number of hydrogen-bond acceptors (Lipinski definition) is 5. The van der Waals surface area contributed by atoms with Gasteiger partial charge in [-0.25, -0.2) is 4.79 Å². The van der Waals surface area contributed by atoms with Gasteiger partial charge in [0.15, 0.2) is 0 Å². The molecule has 8 nitrogen and oxygen atoms in total. The zero-order chi connectivity index (χ0) is 20.5. The number of furan rings is 1. The highest BCUT2D eigenvalue weighted by Crippen LogP contribution is 2.33. The van der Waals surface area contributed by atoms with Crippen LogP contribution in [0.3, 0.4) is 0 Å². The van der Waals surface area contributed by atoms with E-state index in [0.29, 0.717) is 12.1 Å². The Morgan fingerprint density at radius 3 is 2.37 bits per heavy atom. The molecule has 1 heterocycles. The number of aromatic carboxylic acids is 1. The van der Waals surface area contributed by atoms with Crippen LogP contribution in [0.25, 0.3) is 0 Å². The van der Waals surface area contributed by atoms with Crippen LogP contribution in [0, 0.1) is 17.0 Å². The first-order valence-electron chi connectivity index (χ1n) is 7.35. The summed E-state index contributed by atoms with van der Waals surface area (Å²) in [4.78, 5) is 34.4. The number of halogens is 3. The second-order valence-electron chi connectivity index (χ2n) is 5.64. The maximum absolute atomic E-state index is 12.7. The van der Waals surface area contributed by atoms with Crippen molar-refractivity contribution >= 4 is 17.6 Å². The van der Waals surface area contributed by atoms with Crippen molar-refractivity contribution in [2.24, 2.45) is 0 Å². The van der Waals surface area contributed by atoms with Gasteiger partial charge >= 0.3 is 12.1 Å². The van der Waals surface area contributed by atoms with E-state index >= 15 is 0 Å². The standard InChI is InChI=1S/C16H13F3N2O6/c1-8-12(15(23)24)6-10(27-8)7-20(2)14(22)11-4-3-9(16(17,18)19)5-13(11)21(25)26/h3-6H,7H2,1-2H3,(H,23,24). The second kappa shape index (κ2) is 7.09. The highest BCUT2D eigenvalue weighted by Gasteiger charge is 2.34. The molecular weight excluding hydrogens is 373 g/mol. The Balaban J connectivity index is 2.32. The zero-order valence-corrected chi connectivity index (χ0v) is 14.0. The maximum Gasteiger partial charge on any atom is 0.416 e. The van der Waals surface area contributed by atoms with E-state index in [-0.39, 0.29) is 23.6 Å². The molecule has 0 saturated heterocycles. The molecule has 0 aliphatic heterocycles. The van der Waals surface area contributed by atoms with Crippen molar-refractivity contribution in [1.82, 2.24) is 4.90 Å². The summed E-state index contributed by atoms with van der Waals surface area (Å²) >= 11 is 0. The van der Waals surface area contributed by atoms with Crippen LogP contribution in [-0.2, 0) is 12.7 Å². The molecule has 1 aromatic carbocycles. The first kappa shape index (κ1) is 19.9. The van der Waals surface area contributed by atoms with E-state index in [9.17, 15) is 32.9 Å². The van der Waals surface area contributed by atoms with Crippen molar-refractivity contribution in [3.63, 3.8) is 0 Å². The number of hydrogen-bond donors (Lipinski definition) is 1. The van der Waals surface area contributed by atoms with Crippen LogP contribution in [0.1, 0.15) is 37.8 Å². The molecule has 11 heteroatoms. The number of carboxylic acids is 1. The molecule has 144 valence electrons. The number of carbonyl (C=O) groups excluding carboxylic acids is 1. The molecule has 0 radical (unpaired) electrons. The minimum absolute atomic E-state index is 0.105. The van der Waals surface area contributed by atoms with Gasteiger partial charge in [-0.1, -0.05) is 0 Å². The summed E-state index contributed by atoms with van der Waals surface area (Å²) in [7, 11) is 1.25. The fourth-order valence-corrected chi connectivity index (χ4v) is 2.39. The molecule has 0 unspecified atom stereocenters. The molecule has 0 aliphatic rings. The minimum atomic E-state index is -4.79. The van der Waals surface area contributed by atoms with Crippen LogP contribution in [0.4, 0.5) is 18.9 Å². The van der Waals surface area contributed by atoms with Crippen molar-refractivity contribution in [2.45, 2.75) is 19.6 Å². The van der Waals surface area contributed by atoms with E-state index in [0.717, 1.165) is 11.0 Å². The highest BCUT2D eigenvalue weighted by molar-refractivity contribution is 5.98. The van der Waals surface area contributed by atoms with Crippen molar-refractivity contribution in [3.05, 3.63) is 62.6 Å². The summed E-state index contributed by atoms with van der Waals surface area (Å²) in [6, 6.07) is 2.80. The van der Waals surface area contributed by atoms with Gasteiger partial charge in [0.05, 0.1) is 17.0 Å². The normalized spacial score (nSPS) is 11.3. The predicted octanol–water partition coefficient (Wildman–Crippen LogP) is 3.49. The summed E-state index contributed by atoms with van der Waals surface area (Å²) in [5, 5.41) is 20.1. The number of alkyl halides is 3. The lowest BCUT2D eigenvalue weighted by molar-refractivity contribution is -0.385. The van der Waals surface area contributed by atoms with Crippen molar-refractivity contribution in [3.8, 4) is 0 Å². The van der Waals surface area contributed by atoms with Crippen LogP contribution in [0.2, 0.25) is 0 Å². The molecule has 0 aliphatic carbocycles. The Morgan fingerprint density at radius 1 is 1.26 bits per heavy atom. The van der Waals surface area contributed by atoms with Gasteiger partial charge in [0.25, 0.3) is 11.6 Å². The lowest BCUT2D eigenvalue weighted by Crippen LogP contribution is -2.27. The SMILES string of the molecule is Cc1oc(CN(C)C(=O)c2ccc(C(F)(F)F)cc2[N+](=O)[O-])cc1C(=O)O. The lowest BCUT2D eigenvalue weighted by Gasteiger charge is -2.16. The molecule has 1 amide bonds. The molecule has 27 heavy (non-hydrogen) atoms. The van der Waals surface area contributed by atoms with Gasteiger partial charge in [0, 0.05) is 13.1 Å². The number of aryl methyl sites for hydroxylation is 1. The smallest absolute Gasteiger partial charge is 0.416 e. The topological polar surface area (TPSA) is 114 Å². The van der Waals surface area contributed by atoms with E-state index in [4.69, 9.17) is 9.52 Å². The Morgan fingerprint density at radius 2 is 1.89 bits per heavy atom. The number of carboxylic acid groups (broad SMARTS) is 1. The third-order valence-corrected chi connectivity index (χ3v) is 3.69. The Labute approximate surface area is 149 Å². The van der Waals surface area contributed by atoms with Crippen LogP contribution in [-0.4, -0.2) is 33.9 Å². The third kappa shape index (κ3) is 4.25. The number of amides is 1. The van der Waals surface area contributed by atoms with Gasteiger partial charge in [-0.3, -0.25) is 14.9 Å². The zero-order valence-electron chi connectivity index (χ0n) is 14.0. The van der Waals surface area contributed by atoms with E-state index < -0.39 is 39.8 Å². The number of rotatable bonds is 5. The molecular formula is C16H13F3N2O6. The molecule has 0 fully saturated rings. The summed E-state index contributed by atoms with van der Waals surface area (Å²) in [6.07, 6.45) is -4.79. The number of nitro benzene ring substituents is 1. The molecule has 1 N–H and O–H groups in total. The van der Waals surface area contributed by atoms with Gasteiger partial charge in [0.2, 0.25) is 0 Å². The summed E-state index contributed by atoms with van der Waals surface area (Å²) in [5.74, 6) is -1.93. The van der Waals surface area contributed by atoms with E-state index in [1.54, 1.807) is 0 Å². The predicted molar refractivity (Wildman–Crippen MR) is 84.3 cm³/mol. The fourth-order valence-electron chi connectivity index (χ4n) is 2.39. The second-order valence-corrected chi connectivity index (χ2v) is 5.64. The molecule has 2 aromatic rings. The average Bonchev–Trinajstić information content (AvgIpc) is 2.93. The van der Waals surface area contributed by atoms with Crippen LogP contribution in [0.15, 0.2) is 28.7 Å². The maximum atomic E-state index is 12.7. The van der Waals surface area contributed by atoms with Crippen molar-refractivity contribution in [2.75, 3.05) is 7.05 Å². The van der Waals surface area contributed by atoms with E-state index in [2.05, 4.69) is 0 Å². The van der Waals surface area contributed by atoms with Crippen LogP contribution in [0.5, 0.6) is 0 Å². The molecule has 1 aromatic heterocycles. The van der Waals surface area contributed by atoms with Gasteiger partial charge < -0.3 is 14.4 Å². The number of nitro groups is 1. The van der Waals surface area contributed by atoms with Gasteiger partial charge in [-0.15, -0.1) is 0 Å². The summed E-state index contributed by atoms with van der Waals surface area (Å²) < 4.78 is 43.4. The number of nitrogens with zero attached hydrogens (tertiary/aromatic N) is 2. The first-order chi connectivity index (χ1) is 12.4. The van der Waals surface area contributed by atoms with Crippen LogP contribution >= 0.6 is 0 Å². The Bertz CT molecular complexity index is 919. The Kier molecular flexibility index (Phi) is 5.24. The monoisotopic (exact) mass is 386 g/mol. The summed E-state index contributed by atoms with van der Waals surface area (Å²) in [5.41, 5.74) is -2.87.